The zero-order valence-electron chi connectivity index (χ0n) is 23.2. The number of alkyl halides is 3. The lowest BCUT2D eigenvalue weighted by atomic mass is 9.82. The van der Waals surface area contributed by atoms with E-state index in [1.54, 1.807) is 25.5 Å². The number of rotatable bonds is 8. The summed E-state index contributed by atoms with van der Waals surface area (Å²) in [6, 6.07) is 5.77. The van der Waals surface area contributed by atoms with Crippen LogP contribution in [-0.2, 0) is 29.4 Å². The highest BCUT2D eigenvalue weighted by atomic mass is 19.4. The number of benzene rings is 2. The highest BCUT2D eigenvalue weighted by Gasteiger charge is 2.36. The third kappa shape index (κ3) is 5.94. The van der Waals surface area contributed by atoms with Crippen LogP contribution in [0, 0.1) is 11.8 Å². The van der Waals surface area contributed by atoms with E-state index in [-0.39, 0.29) is 47.0 Å². The van der Waals surface area contributed by atoms with Crippen molar-refractivity contribution in [2.24, 2.45) is 18.9 Å². The number of ether oxygens (including phenoxy) is 2. The molecule has 0 aliphatic heterocycles. The molecule has 1 saturated carbocycles. The van der Waals surface area contributed by atoms with Gasteiger partial charge in [-0.05, 0) is 69.7 Å². The second-order valence-corrected chi connectivity index (χ2v) is 10.7. The number of aromatic carboxylic acids is 1. The van der Waals surface area contributed by atoms with Gasteiger partial charge in [0, 0.05) is 32.2 Å². The average Bonchev–Trinajstić information content (AvgIpc) is 3.18. The van der Waals surface area contributed by atoms with Crippen LogP contribution in [0.2, 0.25) is 0 Å². The maximum atomic E-state index is 14.0. The minimum absolute atomic E-state index is 0.104. The summed E-state index contributed by atoms with van der Waals surface area (Å²) in [5.74, 6) is -1.30. The van der Waals surface area contributed by atoms with E-state index < -0.39 is 23.5 Å². The maximum absolute atomic E-state index is 14.0. The van der Waals surface area contributed by atoms with Crippen molar-refractivity contribution < 1.29 is 37.3 Å². The quantitative estimate of drug-likeness (QED) is 0.325. The van der Waals surface area contributed by atoms with Gasteiger partial charge in [0.25, 0.3) is 0 Å². The number of hydrogen-bond donors (Lipinski definition) is 1. The third-order valence-corrected chi connectivity index (χ3v) is 7.46. The first-order valence-corrected chi connectivity index (χ1v) is 13.3. The van der Waals surface area contributed by atoms with Gasteiger partial charge in [0.15, 0.2) is 0 Å². The first-order valence-electron chi connectivity index (χ1n) is 13.3. The zero-order chi connectivity index (χ0) is 29.4. The van der Waals surface area contributed by atoms with Gasteiger partial charge in [-0.3, -0.25) is 4.79 Å². The molecule has 8 nitrogen and oxygen atoms in total. The molecule has 1 amide bonds. The summed E-state index contributed by atoms with van der Waals surface area (Å²) in [5, 5.41) is 10.0. The lowest BCUT2D eigenvalue weighted by molar-refractivity contribution is -0.138. The molecule has 40 heavy (non-hydrogen) atoms. The number of carbonyl (C=O) groups is 2. The summed E-state index contributed by atoms with van der Waals surface area (Å²) >= 11 is 0. The molecule has 0 unspecified atom stereocenters. The Morgan fingerprint density at radius 1 is 1.15 bits per heavy atom. The van der Waals surface area contributed by atoms with Crippen LogP contribution in [-0.4, -0.2) is 39.7 Å². The number of methoxy groups -OCH3 is 1. The smallest absolute Gasteiger partial charge is 0.420 e. The first kappa shape index (κ1) is 29.4. The molecule has 216 valence electrons. The molecule has 0 radical (unpaired) electrons. The average molecular weight is 562 g/mol. The molecule has 1 fully saturated rings. The Hall–Kier alpha value is -3.60. The largest absolute Gasteiger partial charge is 0.478 e. The number of nitrogens with zero attached hydrogens (tertiary/aromatic N) is 3. The summed E-state index contributed by atoms with van der Waals surface area (Å²) in [6.07, 6.45) is -1.44. The first-order chi connectivity index (χ1) is 18.8. The molecule has 1 N–H and O–H groups in total. The van der Waals surface area contributed by atoms with Crippen molar-refractivity contribution in [3.8, 4) is 11.5 Å². The van der Waals surface area contributed by atoms with Gasteiger partial charge < -0.3 is 24.0 Å². The number of anilines is 1. The van der Waals surface area contributed by atoms with Crippen molar-refractivity contribution in [3.63, 3.8) is 0 Å². The molecule has 11 heteroatoms. The second kappa shape index (κ2) is 11.5. The van der Waals surface area contributed by atoms with Crippen LogP contribution in [0.3, 0.4) is 0 Å². The monoisotopic (exact) mass is 561 g/mol. The van der Waals surface area contributed by atoms with Gasteiger partial charge in [-0.1, -0.05) is 6.92 Å². The number of halogens is 3. The van der Waals surface area contributed by atoms with Crippen LogP contribution in [0.5, 0.6) is 11.5 Å². The molecule has 1 aliphatic rings. The molecule has 0 spiro atoms. The number of amides is 1. The predicted octanol–water partition coefficient (Wildman–Crippen LogP) is 6.80. The Bertz CT molecular complexity index is 1410. The Morgan fingerprint density at radius 3 is 2.40 bits per heavy atom. The molecule has 3 aromatic rings. The molecular weight excluding hydrogens is 527 g/mol. The van der Waals surface area contributed by atoms with E-state index in [2.05, 4.69) is 11.9 Å². The van der Waals surface area contributed by atoms with Crippen LogP contribution >= 0.6 is 0 Å². The molecule has 1 aromatic heterocycles. The van der Waals surface area contributed by atoms with Crippen molar-refractivity contribution >= 4 is 28.6 Å². The van der Waals surface area contributed by atoms with E-state index in [1.165, 1.54) is 30.2 Å². The van der Waals surface area contributed by atoms with E-state index in [0.717, 1.165) is 37.8 Å². The second-order valence-electron chi connectivity index (χ2n) is 10.7. The number of aryl methyl sites for hydroxylation is 1. The number of aromatic nitrogens is 2. The Morgan fingerprint density at radius 2 is 1.82 bits per heavy atom. The molecular formula is C29H34F3N3O5. The normalized spacial score (nSPS) is 17.8. The van der Waals surface area contributed by atoms with E-state index in [9.17, 15) is 27.9 Å². The van der Waals surface area contributed by atoms with Crippen molar-refractivity contribution in [2.75, 3.05) is 12.0 Å². The summed E-state index contributed by atoms with van der Waals surface area (Å²) < 4.78 is 54.4. The van der Waals surface area contributed by atoms with Crippen molar-refractivity contribution in [1.82, 2.24) is 9.55 Å². The van der Waals surface area contributed by atoms with Crippen molar-refractivity contribution in [2.45, 2.75) is 65.3 Å². The SMILES string of the molecule is COCc1nc2cc(C(F)(F)F)c(Oc3ccc(N(C(=O)C4CCC(C)CC4)C(C)C)c(C(=O)O)c3)cc2n1C. The van der Waals surface area contributed by atoms with Gasteiger partial charge in [0.1, 0.15) is 29.5 Å². The van der Waals surface area contributed by atoms with Gasteiger partial charge in [-0.25, -0.2) is 9.78 Å². The van der Waals surface area contributed by atoms with Crippen LogP contribution in [0.4, 0.5) is 18.9 Å². The van der Waals surface area contributed by atoms with Gasteiger partial charge in [0.2, 0.25) is 5.91 Å². The Labute approximate surface area is 230 Å². The van der Waals surface area contributed by atoms with Crippen LogP contribution in [0.25, 0.3) is 11.0 Å². The standard InChI is InChI=1S/C29H34F3N3O5/c1-16(2)35(27(36)18-8-6-17(3)7-9-18)23-11-10-19(12-20(23)28(37)38)40-25-14-24-22(13-21(25)29(30,31)32)33-26(15-39-5)34(24)4/h10-14,16-18H,6-9,15H2,1-5H3,(H,37,38). The summed E-state index contributed by atoms with van der Waals surface area (Å²) in [5.41, 5.74) is -0.585. The minimum atomic E-state index is -4.75. The highest BCUT2D eigenvalue weighted by molar-refractivity contribution is 6.03. The number of carbonyl (C=O) groups excluding carboxylic acids is 1. The zero-order valence-corrected chi connectivity index (χ0v) is 23.2. The van der Waals surface area contributed by atoms with E-state index in [0.29, 0.717) is 17.3 Å². The van der Waals surface area contributed by atoms with Gasteiger partial charge in [-0.2, -0.15) is 13.2 Å². The van der Waals surface area contributed by atoms with Crippen LogP contribution in [0.1, 0.15) is 68.2 Å². The molecule has 0 saturated heterocycles. The number of carboxylic acids is 1. The Balaban J connectivity index is 1.74. The lowest BCUT2D eigenvalue weighted by Crippen LogP contribution is -2.42. The fraction of sp³-hybridized carbons (Fsp3) is 0.483. The molecule has 0 bridgehead atoms. The third-order valence-electron chi connectivity index (χ3n) is 7.46. The molecule has 1 aliphatic carbocycles. The van der Waals surface area contributed by atoms with E-state index in [4.69, 9.17) is 9.47 Å². The van der Waals surface area contributed by atoms with Gasteiger partial charge in [0.05, 0.1) is 22.3 Å². The van der Waals surface area contributed by atoms with Crippen molar-refractivity contribution in [1.29, 1.82) is 0 Å². The number of imidazole rings is 1. The fourth-order valence-corrected chi connectivity index (χ4v) is 5.28. The van der Waals surface area contributed by atoms with Gasteiger partial charge in [-0.15, -0.1) is 0 Å². The highest BCUT2D eigenvalue weighted by Crippen LogP contribution is 2.41. The fourth-order valence-electron chi connectivity index (χ4n) is 5.28. The predicted molar refractivity (Wildman–Crippen MR) is 144 cm³/mol. The molecule has 2 aromatic carbocycles. The number of fused-ring (bicyclic) bond motifs is 1. The topological polar surface area (TPSA) is 93.9 Å². The maximum Gasteiger partial charge on any atom is 0.420 e. The summed E-state index contributed by atoms with van der Waals surface area (Å²) in [6.45, 7) is 5.86. The minimum Gasteiger partial charge on any atom is -0.478 e. The number of hydrogen-bond acceptors (Lipinski definition) is 5. The Kier molecular flexibility index (Phi) is 8.44. The summed E-state index contributed by atoms with van der Waals surface area (Å²) in [4.78, 5) is 31.5. The molecule has 4 rings (SSSR count). The van der Waals surface area contributed by atoms with Gasteiger partial charge >= 0.3 is 12.1 Å². The van der Waals surface area contributed by atoms with E-state index >= 15 is 0 Å². The molecule has 0 atom stereocenters. The lowest BCUT2D eigenvalue weighted by Gasteiger charge is -2.34. The number of carboxylic acid groups (broad SMARTS) is 1. The van der Waals surface area contributed by atoms with Crippen molar-refractivity contribution in [3.05, 3.63) is 47.3 Å². The van der Waals surface area contributed by atoms with E-state index in [1.807, 2.05) is 0 Å². The summed E-state index contributed by atoms with van der Waals surface area (Å²) in [7, 11) is 3.12. The molecule has 1 heterocycles. The van der Waals surface area contributed by atoms with Crippen LogP contribution in [0.15, 0.2) is 30.3 Å². The van der Waals surface area contributed by atoms with Crippen LogP contribution < -0.4 is 9.64 Å².